The summed E-state index contributed by atoms with van der Waals surface area (Å²) < 4.78 is 12.6. The molecule has 0 amide bonds. The molecule has 0 N–H and O–H groups in total. The van der Waals surface area contributed by atoms with E-state index >= 15 is 0 Å². The first-order valence-electron chi connectivity index (χ1n) is 12.4. The number of para-hydroxylation sites is 1. The van der Waals surface area contributed by atoms with Crippen molar-refractivity contribution in [2.75, 3.05) is 51.3 Å². The van der Waals surface area contributed by atoms with Crippen LogP contribution in [0.2, 0.25) is 0 Å². The summed E-state index contributed by atoms with van der Waals surface area (Å²) in [5, 5.41) is 1.15. The van der Waals surface area contributed by atoms with Crippen LogP contribution in [0.1, 0.15) is 37.8 Å². The first-order valence-corrected chi connectivity index (χ1v) is 12.4. The van der Waals surface area contributed by atoms with Crippen LogP contribution in [0, 0.1) is 0 Å². The second-order valence-corrected chi connectivity index (χ2v) is 9.26. The SMILES string of the molecule is CCOC(=O)Cn1cc(CCN2CCN(c3ccccc3C(C)C)CC2)c2cc(OC)ccc21. The van der Waals surface area contributed by atoms with Crippen LogP contribution in [-0.4, -0.2) is 61.9 Å². The molecule has 0 unspecified atom stereocenters. The molecule has 4 rings (SSSR count). The number of piperazine rings is 1. The molecule has 0 aliphatic carbocycles. The lowest BCUT2D eigenvalue weighted by atomic mass is 10.00. The zero-order valence-corrected chi connectivity index (χ0v) is 20.9. The van der Waals surface area contributed by atoms with Crippen molar-refractivity contribution in [1.82, 2.24) is 9.47 Å². The molecule has 2 aromatic carbocycles. The number of ether oxygens (including phenoxy) is 2. The summed E-state index contributed by atoms with van der Waals surface area (Å²) in [5.74, 6) is 1.15. The summed E-state index contributed by atoms with van der Waals surface area (Å²) in [6.45, 7) is 12.2. The fraction of sp³-hybridized carbons (Fsp3) is 0.464. The fourth-order valence-electron chi connectivity index (χ4n) is 4.91. The van der Waals surface area contributed by atoms with Gasteiger partial charge in [0.2, 0.25) is 0 Å². The summed E-state index contributed by atoms with van der Waals surface area (Å²) in [6.07, 6.45) is 3.04. The number of esters is 1. The van der Waals surface area contributed by atoms with Gasteiger partial charge in [-0.3, -0.25) is 9.69 Å². The van der Waals surface area contributed by atoms with Gasteiger partial charge < -0.3 is 18.9 Å². The Morgan fingerprint density at radius 3 is 2.53 bits per heavy atom. The highest BCUT2D eigenvalue weighted by atomic mass is 16.5. The van der Waals surface area contributed by atoms with Gasteiger partial charge in [-0.1, -0.05) is 32.0 Å². The summed E-state index contributed by atoms with van der Waals surface area (Å²) in [5.41, 5.74) is 5.09. The summed E-state index contributed by atoms with van der Waals surface area (Å²) in [6, 6.07) is 14.9. The molecule has 0 saturated carbocycles. The number of aromatic nitrogens is 1. The minimum Gasteiger partial charge on any atom is -0.497 e. The molecular formula is C28H37N3O3. The van der Waals surface area contributed by atoms with E-state index < -0.39 is 0 Å². The number of hydrogen-bond donors (Lipinski definition) is 0. The van der Waals surface area contributed by atoms with Gasteiger partial charge in [0.05, 0.1) is 13.7 Å². The average Bonchev–Trinajstić information content (AvgIpc) is 3.19. The average molecular weight is 464 g/mol. The molecule has 0 radical (unpaired) electrons. The van der Waals surface area contributed by atoms with E-state index in [9.17, 15) is 4.79 Å². The first-order chi connectivity index (χ1) is 16.5. The van der Waals surface area contributed by atoms with Crippen LogP contribution in [0.15, 0.2) is 48.7 Å². The van der Waals surface area contributed by atoms with Crippen molar-refractivity contribution in [2.45, 2.75) is 39.7 Å². The van der Waals surface area contributed by atoms with Crippen LogP contribution in [0.25, 0.3) is 10.9 Å². The van der Waals surface area contributed by atoms with Gasteiger partial charge in [0.1, 0.15) is 12.3 Å². The third-order valence-corrected chi connectivity index (χ3v) is 6.74. The number of benzene rings is 2. The third kappa shape index (κ3) is 5.39. The van der Waals surface area contributed by atoms with Crippen LogP contribution in [-0.2, 0) is 22.5 Å². The topological polar surface area (TPSA) is 46.9 Å². The van der Waals surface area contributed by atoms with E-state index in [1.165, 1.54) is 16.8 Å². The fourth-order valence-corrected chi connectivity index (χ4v) is 4.91. The molecular weight excluding hydrogens is 426 g/mol. The van der Waals surface area contributed by atoms with E-state index in [4.69, 9.17) is 9.47 Å². The Bertz CT molecular complexity index is 1110. The Labute approximate surface area is 203 Å². The van der Waals surface area contributed by atoms with Gasteiger partial charge in [0.15, 0.2) is 0 Å². The van der Waals surface area contributed by atoms with E-state index in [0.717, 1.165) is 55.8 Å². The van der Waals surface area contributed by atoms with Crippen LogP contribution in [0.4, 0.5) is 5.69 Å². The standard InChI is InChI=1S/C28H37N3O3/c1-5-34-28(32)20-31-19-22(25-18-23(33-4)10-11-27(25)31)12-13-29-14-16-30(17-15-29)26-9-7-6-8-24(26)21(2)3/h6-11,18-19,21H,5,12-17,20H2,1-4H3. The van der Waals surface area contributed by atoms with E-state index in [-0.39, 0.29) is 12.5 Å². The predicted molar refractivity (Wildman–Crippen MR) is 138 cm³/mol. The molecule has 182 valence electrons. The summed E-state index contributed by atoms with van der Waals surface area (Å²) in [4.78, 5) is 17.2. The maximum absolute atomic E-state index is 12.1. The number of methoxy groups -OCH3 is 1. The quantitative estimate of drug-likeness (QED) is 0.431. The smallest absolute Gasteiger partial charge is 0.325 e. The second kappa shape index (κ2) is 11.0. The van der Waals surface area contributed by atoms with Gasteiger partial charge in [0, 0.05) is 55.5 Å². The highest BCUT2D eigenvalue weighted by Gasteiger charge is 2.20. The zero-order chi connectivity index (χ0) is 24.1. The van der Waals surface area contributed by atoms with Crippen LogP contribution >= 0.6 is 0 Å². The zero-order valence-electron chi connectivity index (χ0n) is 20.9. The Morgan fingerprint density at radius 1 is 1.06 bits per heavy atom. The number of hydrogen-bond acceptors (Lipinski definition) is 5. The van der Waals surface area contributed by atoms with Gasteiger partial charge in [-0.2, -0.15) is 0 Å². The molecule has 1 fully saturated rings. The Hall–Kier alpha value is -2.99. The summed E-state index contributed by atoms with van der Waals surface area (Å²) in [7, 11) is 1.69. The van der Waals surface area contributed by atoms with Crippen LogP contribution in [0.3, 0.4) is 0 Å². The molecule has 34 heavy (non-hydrogen) atoms. The number of fused-ring (bicyclic) bond motifs is 1. The van der Waals surface area contributed by atoms with Crippen molar-refractivity contribution < 1.29 is 14.3 Å². The molecule has 6 nitrogen and oxygen atoms in total. The largest absolute Gasteiger partial charge is 0.497 e. The monoisotopic (exact) mass is 463 g/mol. The third-order valence-electron chi connectivity index (χ3n) is 6.74. The van der Waals surface area contributed by atoms with Crippen molar-refractivity contribution in [3.63, 3.8) is 0 Å². The first kappa shape index (κ1) is 24.1. The molecule has 0 spiro atoms. The van der Waals surface area contributed by atoms with Crippen molar-refractivity contribution in [1.29, 1.82) is 0 Å². The molecule has 0 atom stereocenters. The van der Waals surface area contributed by atoms with E-state index in [0.29, 0.717) is 12.5 Å². The minimum absolute atomic E-state index is 0.209. The molecule has 0 bridgehead atoms. The molecule has 1 saturated heterocycles. The van der Waals surface area contributed by atoms with Gasteiger partial charge in [0.25, 0.3) is 0 Å². The van der Waals surface area contributed by atoms with Crippen molar-refractivity contribution >= 4 is 22.6 Å². The van der Waals surface area contributed by atoms with E-state index in [2.05, 4.69) is 60.2 Å². The molecule has 6 heteroatoms. The number of nitrogens with zero attached hydrogens (tertiary/aromatic N) is 3. The lowest BCUT2D eigenvalue weighted by molar-refractivity contribution is -0.143. The van der Waals surface area contributed by atoms with Gasteiger partial charge in [-0.25, -0.2) is 0 Å². The van der Waals surface area contributed by atoms with Crippen LogP contribution < -0.4 is 9.64 Å². The lowest BCUT2D eigenvalue weighted by Gasteiger charge is -2.37. The lowest BCUT2D eigenvalue weighted by Crippen LogP contribution is -2.47. The molecule has 2 heterocycles. The molecule has 1 aromatic heterocycles. The van der Waals surface area contributed by atoms with E-state index in [1.54, 1.807) is 7.11 Å². The van der Waals surface area contributed by atoms with Crippen molar-refractivity contribution in [3.8, 4) is 5.75 Å². The number of anilines is 1. The van der Waals surface area contributed by atoms with Crippen molar-refractivity contribution in [3.05, 3.63) is 59.8 Å². The predicted octanol–water partition coefficient (Wildman–Crippen LogP) is 4.70. The number of carbonyl (C=O) groups is 1. The number of carbonyl (C=O) groups excluding carboxylic acids is 1. The van der Waals surface area contributed by atoms with Gasteiger partial charge in [-0.15, -0.1) is 0 Å². The second-order valence-electron chi connectivity index (χ2n) is 9.26. The van der Waals surface area contributed by atoms with Gasteiger partial charge >= 0.3 is 5.97 Å². The highest BCUT2D eigenvalue weighted by molar-refractivity contribution is 5.86. The summed E-state index contributed by atoms with van der Waals surface area (Å²) >= 11 is 0. The minimum atomic E-state index is -0.209. The molecule has 3 aromatic rings. The van der Waals surface area contributed by atoms with Crippen LogP contribution in [0.5, 0.6) is 5.75 Å². The Morgan fingerprint density at radius 2 is 1.82 bits per heavy atom. The molecule has 1 aliphatic rings. The van der Waals surface area contributed by atoms with Gasteiger partial charge in [-0.05, 0) is 54.7 Å². The van der Waals surface area contributed by atoms with Crippen molar-refractivity contribution in [2.24, 2.45) is 0 Å². The Kier molecular flexibility index (Phi) is 7.78. The maximum atomic E-state index is 12.1. The Balaban J connectivity index is 1.43. The number of rotatable bonds is 9. The normalized spacial score (nSPS) is 14.7. The highest BCUT2D eigenvalue weighted by Crippen LogP contribution is 2.29. The van der Waals surface area contributed by atoms with E-state index in [1.807, 2.05) is 23.6 Å². The molecule has 1 aliphatic heterocycles. The maximum Gasteiger partial charge on any atom is 0.325 e.